The molecule has 0 aliphatic rings. The number of Topliss-reactive ketones (excluding diaryl/α,β-unsaturated/α-hetero) is 1. The number of nitrogens with one attached hydrogen (secondary N) is 1. The summed E-state index contributed by atoms with van der Waals surface area (Å²) in [6.45, 7) is 7.38. The van der Waals surface area contributed by atoms with Crippen molar-refractivity contribution < 1.29 is 19.1 Å². The summed E-state index contributed by atoms with van der Waals surface area (Å²) in [4.78, 5) is 33.3. The minimum absolute atomic E-state index is 0.0451. The van der Waals surface area contributed by atoms with Gasteiger partial charge in [-0.05, 0) is 20.3 Å². The lowest BCUT2D eigenvalue weighted by Crippen LogP contribution is -2.44. The van der Waals surface area contributed by atoms with E-state index in [1.807, 2.05) is 0 Å². The van der Waals surface area contributed by atoms with Gasteiger partial charge in [-0.1, -0.05) is 20.3 Å². The van der Waals surface area contributed by atoms with Crippen LogP contribution in [0.25, 0.3) is 0 Å². The first-order valence-corrected chi connectivity index (χ1v) is 6.58. The van der Waals surface area contributed by atoms with Crippen LogP contribution in [0.4, 0.5) is 0 Å². The average Bonchev–Trinajstić information content (AvgIpc) is 2.35. The second kappa shape index (κ2) is 13.0. The molecule has 19 heavy (non-hydrogen) atoms. The lowest BCUT2D eigenvalue weighted by atomic mass is 10.1. The Balaban J connectivity index is 0. The molecule has 0 aliphatic heterocycles. The highest BCUT2D eigenvalue weighted by molar-refractivity contribution is 5.86. The van der Waals surface area contributed by atoms with Crippen molar-refractivity contribution in [2.75, 3.05) is 13.2 Å². The first-order valence-electron chi connectivity index (χ1n) is 6.58. The fourth-order valence-electron chi connectivity index (χ4n) is 1.09. The Morgan fingerprint density at radius 3 is 2.11 bits per heavy atom. The molecule has 1 amide bonds. The zero-order chi connectivity index (χ0) is 15.3. The summed E-state index contributed by atoms with van der Waals surface area (Å²) >= 11 is 0. The van der Waals surface area contributed by atoms with Crippen molar-refractivity contribution in [3.05, 3.63) is 0 Å². The van der Waals surface area contributed by atoms with Gasteiger partial charge >= 0.3 is 5.97 Å². The number of hydrogen-bond donors (Lipinski definition) is 2. The third-order valence-electron chi connectivity index (χ3n) is 1.88. The van der Waals surface area contributed by atoms with Gasteiger partial charge in [0.1, 0.15) is 11.8 Å². The van der Waals surface area contributed by atoms with Crippen LogP contribution in [0.3, 0.4) is 0 Å². The molecule has 112 valence electrons. The number of hydrogen-bond acceptors (Lipinski definition) is 5. The normalized spacial score (nSPS) is 10.8. The van der Waals surface area contributed by atoms with Gasteiger partial charge < -0.3 is 20.6 Å². The van der Waals surface area contributed by atoms with Crippen LogP contribution in [-0.2, 0) is 19.1 Å². The van der Waals surface area contributed by atoms with Crippen molar-refractivity contribution in [2.24, 2.45) is 5.73 Å². The van der Waals surface area contributed by atoms with Crippen molar-refractivity contribution in [1.29, 1.82) is 0 Å². The van der Waals surface area contributed by atoms with Gasteiger partial charge in [0.15, 0.2) is 0 Å². The van der Waals surface area contributed by atoms with Gasteiger partial charge in [0.05, 0.1) is 13.2 Å². The Morgan fingerprint density at radius 1 is 1.21 bits per heavy atom. The summed E-state index contributed by atoms with van der Waals surface area (Å²) in [7, 11) is 0. The van der Waals surface area contributed by atoms with Gasteiger partial charge in [-0.25, -0.2) is 4.79 Å². The Kier molecular flexibility index (Phi) is 13.6. The average molecular weight is 274 g/mol. The molecule has 0 aromatic carbocycles. The topological polar surface area (TPSA) is 98.5 Å². The molecule has 0 saturated heterocycles. The fraction of sp³-hybridized carbons (Fsp3) is 0.769. The number of ketones is 1. The van der Waals surface area contributed by atoms with E-state index in [2.05, 4.69) is 19.2 Å². The minimum atomic E-state index is -0.792. The maximum Gasteiger partial charge on any atom is 0.328 e. The predicted octanol–water partition coefficient (Wildman–Crippen LogP) is 0.779. The third kappa shape index (κ3) is 12.8. The van der Waals surface area contributed by atoms with Crippen molar-refractivity contribution in [3.8, 4) is 0 Å². The van der Waals surface area contributed by atoms with E-state index in [9.17, 15) is 14.4 Å². The fourth-order valence-corrected chi connectivity index (χ4v) is 1.09. The molecule has 0 aromatic heterocycles. The minimum Gasteiger partial charge on any atom is -0.464 e. The van der Waals surface area contributed by atoms with E-state index < -0.39 is 17.9 Å². The first kappa shape index (κ1) is 19.9. The maximum absolute atomic E-state index is 11.4. The molecule has 0 spiro atoms. The van der Waals surface area contributed by atoms with E-state index in [1.54, 1.807) is 6.92 Å². The van der Waals surface area contributed by atoms with Crippen LogP contribution in [0.1, 0.15) is 47.0 Å². The number of rotatable bonds is 7. The molecule has 6 nitrogen and oxygen atoms in total. The molecule has 0 radical (unpaired) electrons. The second-order valence-electron chi connectivity index (χ2n) is 4.02. The van der Waals surface area contributed by atoms with Crippen LogP contribution in [0.5, 0.6) is 0 Å². The number of amides is 1. The lowest BCUT2D eigenvalue weighted by molar-refractivity contribution is -0.147. The maximum atomic E-state index is 11.4. The van der Waals surface area contributed by atoms with E-state index in [1.165, 1.54) is 13.3 Å². The Bertz CT molecular complexity index is 280. The highest BCUT2D eigenvalue weighted by Gasteiger charge is 2.21. The van der Waals surface area contributed by atoms with Crippen molar-refractivity contribution in [3.63, 3.8) is 0 Å². The van der Waals surface area contributed by atoms with Crippen LogP contribution in [0, 0.1) is 0 Å². The molecule has 6 heteroatoms. The largest absolute Gasteiger partial charge is 0.464 e. The van der Waals surface area contributed by atoms with E-state index in [0.717, 1.165) is 0 Å². The molecule has 0 saturated carbocycles. The number of esters is 1. The highest BCUT2D eigenvalue weighted by atomic mass is 16.5. The van der Waals surface area contributed by atoms with E-state index in [4.69, 9.17) is 10.5 Å². The van der Waals surface area contributed by atoms with Gasteiger partial charge in [0.25, 0.3) is 0 Å². The van der Waals surface area contributed by atoms with Gasteiger partial charge in [0.2, 0.25) is 5.91 Å². The summed E-state index contributed by atoms with van der Waals surface area (Å²) < 4.78 is 4.78. The van der Waals surface area contributed by atoms with E-state index in [-0.39, 0.29) is 31.8 Å². The lowest BCUT2D eigenvalue weighted by Gasteiger charge is -2.16. The molecular formula is C13H26N2O4. The molecule has 0 rings (SSSR count). The van der Waals surface area contributed by atoms with Gasteiger partial charge in [-0.2, -0.15) is 0 Å². The Labute approximate surface area is 115 Å². The van der Waals surface area contributed by atoms with Crippen molar-refractivity contribution >= 4 is 17.7 Å². The van der Waals surface area contributed by atoms with Crippen LogP contribution < -0.4 is 11.1 Å². The van der Waals surface area contributed by atoms with E-state index >= 15 is 0 Å². The smallest absolute Gasteiger partial charge is 0.328 e. The van der Waals surface area contributed by atoms with Gasteiger partial charge in [0, 0.05) is 6.42 Å². The number of carbonyl (C=O) groups is 3. The number of ether oxygens (including phenoxy) is 1. The zero-order valence-corrected chi connectivity index (χ0v) is 12.3. The second-order valence-corrected chi connectivity index (χ2v) is 4.02. The Hall–Kier alpha value is -1.43. The van der Waals surface area contributed by atoms with Crippen molar-refractivity contribution in [2.45, 2.75) is 53.0 Å². The monoisotopic (exact) mass is 274 g/mol. The van der Waals surface area contributed by atoms with Gasteiger partial charge in [-0.15, -0.1) is 0 Å². The summed E-state index contributed by atoms with van der Waals surface area (Å²) in [5, 5.41) is 2.42. The zero-order valence-electron chi connectivity index (χ0n) is 12.3. The van der Waals surface area contributed by atoms with Crippen LogP contribution >= 0.6 is 0 Å². The third-order valence-corrected chi connectivity index (χ3v) is 1.88. The molecule has 0 unspecified atom stereocenters. The molecule has 3 N–H and O–H groups in total. The highest BCUT2D eigenvalue weighted by Crippen LogP contribution is 2.01. The summed E-state index contributed by atoms with van der Waals surface area (Å²) in [5.74, 6) is -1.02. The quantitative estimate of drug-likeness (QED) is 0.668. The summed E-state index contributed by atoms with van der Waals surface area (Å²) in [5.41, 5.74) is 5.12. The SMILES string of the molecule is CCC.CCOC(=O)[C@H](CCC(C)=O)NC(=O)CN. The molecule has 0 heterocycles. The summed E-state index contributed by atoms with van der Waals surface area (Å²) in [6.07, 6.45) is 1.70. The first-order chi connectivity index (χ1) is 8.92. The molecule has 0 fully saturated rings. The molecule has 1 atom stereocenters. The predicted molar refractivity (Wildman–Crippen MR) is 73.5 cm³/mol. The van der Waals surface area contributed by atoms with Crippen LogP contribution in [0.2, 0.25) is 0 Å². The van der Waals surface area contributed by atoms with Crippen LogP contribution in [-0.4, -0.2) is 36.9 Å². The standard InChI is InChI=1S/C10H18N2O4.C3H8/c1-3-16-10(15)8(5-4-7(2)13)12-9(14)6-11;1-3-2/h8H,3-6,11H2,1-2H3,(H,12,14);3H2,1-2H3/t8-;/m0./s1. The van der Waals surface area contributed by atoms with Crippen LogP contribution in [0.15, 0.2) is 0 Å². The molecule has 0 aromatic rings. The van der Waals surface area contributed by atoms with Crippen molar-refractivity contribution in [1.82, 2.24) is 5.32 Å². The Morgan fingerprint density at radius 2 is 1.74 bits per heavy atom. The molecule has 0 aliphatic carbocycles. The molecular weight excluding hydrogens is 248 g/mol. The molecule has 0 bridgehead atoms. The van der Waals surface area contributed by atoms with Gasteiger partial charge in [-0.3, -0.25) is 4.79 Å². The summed E-state index contributed by atoms with van der Waals surface area (Å²) in [6, 6.07) is -0.792. The number of carbonyl (C=O) groups excluding carboxylic acids is 3. The number of nitrogens with two attached hydrogens (primary N) is 1. The van der Waals surface area contributed by atoms with E-state index in [0.29, 0.717) is 0 Å².